The smallest absolute Gasteiger partial charge is 0.338 e. The fraction of sp³-hybridized carbons (Fsp3) is 0.267. The molecule has 4 aromatic rings. The maximum Gasteiger partial charge on any atom is 0.338 e. The summed E-state index contributed by atoms with van der Waals surface area (Å²) in [5.41, 5.74) is 10.6. The number of benzene rings is 1. The molecule has 1 saturated carbocycles. The molecule has 5 rings (SSSR count). The Labute approximate surface area is 219 Å². The van der Waals surface area contributed by atoms with Gasteiger partial charge in [0.05, 0.1) is 28.3 Å². The number of pyridine rings is 2. The van der Waals surface area contributed by atoms with Crippen LogP contribution < -0.4 is 5.73 Å². The molecule has 0 spiro atoms. The Morgan fingerprint density at radius 2 is 1.87 bits per heavy atom. The third-order valence-electron chi connectivity index (χ3n) is 7.35. The van der Waals surface area contributed by atoms with Crippen LogP contribution in [0.2, 0.25) is 0 Å². The van der Waals surface area contributed by atoms with Gasteiger partial charge in [-0.15, -0.1) is 0 Å². The Hall–Kier alpha value is -4.33. The number of rotatable bonds is 7. The van der Waals surface area contributed by atoms with Crippen LogP contribution in [0.25, 0.3) is 27.7 Å². The number of nitrogens with zero attached hydrogens (tertiary/aromatic N) is 3. The van der Waals surface area contributed by atoms with E-state index in [4.69, 9.17) is 15.7 Å². The summed E-state index contributed by atoms with van der Waals surface area (Å²) in [6, 6.07) is 11.8. The fourth-order valence-electron chi connectivity index (χ4n) is 5.71. The molecule has 0 saturated heterocycles. The second-order valence-electron chi connectivity index (χ2n) is 9.90. The minimum absolute atomic E-state index is 0.0983. The van der Waals surface area contributed by atoms with Crippen LogP contribution in [0.5, 0.6) is 0 Å². The maximum absolute atomic E-state index is 14.7. The van der Waals surface area contributed by atoms with Crippen molar-refractivity contribution in [2.45, 2.75) is 45.6 Å². The van der Waals surface area contributed by atoms with Gasteiger partial charge in [0, 0.05) is 41.0 Å². The van der Waals surface area contributed by atoms with E-state index in [9.17, 15) is 19.1 Å². The number of nitrogens with two attached hydrogens (primary N) is 1. The second-order valence-corrected chi connectivity index (χ2v) is 9.90. The molecule has 1 aliphatic carbocycles. The molecule has 1 fully saturated rings. The number of fused-ring (bicyclic) bond motifs is 1. The van der Waals surface area contributed by atoms with Crippen LogP contribution in [0, 0.1) is 11.7 Å². The van der Waals surface area contributed by atoms with Crippen LogP contribution in [0.3, 0.4) is 0 Å². The zero-order valence-electron chi connectivity index (χ0n) is 21.3. The van der Waals surface area contributed by atoms with Gasteiger partial charge in [-0.25, -0.2) is 9.18 Å². The molecule has 3 heterocycles. The van der Waals surface area contributed by atoms with Gasteiger partial charge in [-0.1, -0.05) is 25.0 Å². The van der Waals surface area contributed by atoms with E-state index in [1.54, 1.807) is 25.4 Å². The van der Waals surface area contributed by atoms with Crippen molar-refractivity contribution in [2.24, 2.45) is 11.7 Å². The first kappa shape index (κ1) is 25.3. The fourth-order valence-corrected chi connectivity index (χ4v) is 5.71. The van der Waals surface area contributed by atoms with Crippen molar-refractivity contribution in [3.8, 4) is 11.1 Å². The highest BCUT2D eigenvalue weighted by Gasteiger charge is 2.31. The molecule has 194 valence electrons. The lowest BCUT2D eigenvalue weighted by atomic mass is 9.94. The third-order valence-corrected chi connectivity index (χ3v) is 7.35. The lowest BCUT2D eigenvalue weighted by Gasteiger charge is -2.26. The Bertz CT molecular complexity index is 1570. The van der Waals surface area contributed by atoms with Crippen molar-refractivity contribution >= 4 is 28.4 Å². The van der Waals surface area contributed by atoms with Crippen LogP contribution in [-0.4, -0.2) is 31.4 Å². The van der Waals surface area contributed by atoms with Gasteiger partial charge in [-0.2, -0.15) is 0 Å². The molecule has 38 heavy (non-hydrogen) atoms. The maximum atomic E-state index is 14.7. The van der Waals surface area contributed by atoms with Gasteiger partial charge >= 0.3 is 5.97 Å². The molecule has 8 heteroatoms. The lowest BCUT2D eigenvalue weighted by Crippen LogP contribution is -2.19. The SMILES string of the molecule is CC(=O)/C(=C(/C)N)c1cnc2c(-c3ccc(C(=O)O)c(F)c3)cn(C(c3ccccn3)C3CCCC3)c2c1. The van der Waals surface area contributed by atoms with E-state index in [1.165, 1.54) is 19.1 Å². The summed E-state index contributed by atoms with van der Waals surface area (Å²) in [6.07, 6.45) is 9.70. The molecule has 0 aliphatic heterocycles. The third kappa shape index (κ3) is 4.58. The number of ketones is 1. The van der Waals surface area contributed by atoms with Crippen LogP contribution in [-0.2, 0) is 4.79 Å². The number of halogens is 1. The van der Waals surface area contributed by atoms with E-state index in [0.717, 1.165) is 36.9 Å². The summed E-state index contributed by atoms with van der Waals surface area (Å²) in [5.74, 6) is -1.96. The number of carbonyl (C=O) groups excluding carboxylic acids is 1. The zero-order chi connectivity index (χ0) is 27.0. The van der Waals surface area contributed by atoms with Gasteiger partial charge in [-0.05, 0) is 68.5 Å². The van der Waals surface area contributed by atoms with E-state index in [-0.39, 0.29) is 17.4 Å². The Kier molecular flexibility index (Phi) is 6.80. The van der Waals surface area contributed by atoms with E-state index < -0.39 is 11.8 Å². The largest absolute Gasteiger partial charge is 0.478 e. The number of aromatic carboxylic acids is 1. The van der Waals surface area contributed by atoms with Gasteiger partial charge in [0.2, 0.25) is 0 Å². The predicted molar refractivity (Wildman–Crippen MR) is 144 cm³/mol. The van der Waals surface area contributed by atoms with Crippen LogP contribution in [0.15, 0.2) is 66.8 Å². The van der Waals surface area contributed by atoms with Crippen LogP contribution in [0.4, 0.5) is 4.39 Å². The number of carbonyl (C=O) groups is 2. The molecule has 1 unspecified atom stereocenters. The van der Waals surface area contributed by atoms with Crippen molar-refractivity contribution in [1.29, 1.82) is 0 Å². The van der Waals surface area contributed by atoms with Crippen molar-refractivity contribution in [3.05, 3.63) is 89.4 Å². The molecule has 1 aliphatic rings. The van der Waals surface area contributed by atoms with E-state index in [2.05, 4.69) is 4.57 Å². The first-order chi connectivity index (χ1) is 18.3. The van der Waals surface area contributed by atoms with Crippen LogP contribution >= 0.6 is 0 Å². The molecule has 1 atom stereocenters. The minimum Gasteiger partial charge on any atom is -0.478 e. The minimum atomic E-state index is -1.32. The quantitative estimate of drug-likeness (QED) is 0.294. The summed E-state index contributed by atoms with van der Waals surface area (Å²) in [6.45, 7) is 3.16. The van der Waals surface area contributed by atoms with E-state index in [0.29, 0.717) is 39.4 Å². The topological polar surface area (TPSA) is 111 Å². The summed E-state index contributed by atoms with van der Waals surface area (Å²) < 4.78 is 16.9. The molecule has 1 aromatic carbocycles. The van der Waals surface area contributed by atoms with Crippen molar-refractivity contribution < 1.29 is 19.1 Å². The highest BCUT2D eigenvalue weighted by Crippen LogP contribution is 2.42. The summed E-state index contributed by atoms with van der Waals surface area (Å²) >= 11 is 0. The van der Waals surface area contributed by atoms with Crippen molar-refractivity contribution in [1.82, 2.24) is 14.5 Å². The average molecular weight is 513 g/mol. The zero-order valence-corrected chi connectivity index (χ0v) is 21.3. The number of allylic oxidation sites excluding steroid dienone is 2. The monoisotopic (exact) mass is 512 g/mol. The number of hydrogen-bond acceptors (Lipinski definition) is 5. The number of Topliss-reactive ketones (excluding diaryl/α,β-unsaturated/α-hetero) is 1. The highest BCUT2D eigenvalue weighted by molar-refractivity contribution is 6.20. The standard InChI is InChI=1S/C30H29FN4O3/c1-17(32)27(18(2)36)21-14-26-28(34-15-21)23(20-10-11-22(30(37)38)24(31)13-20)16-35(26)29(19-7-3-4-8-19)25-9-5-6-12-33-25/h5-6,9-16,19,29H,3-4,7-8,32H2,1-2H3,(H,37,38)/b27-17+. The van der Waals surface area contributed by atoms with Gasteiger partial charge in [0.1, 0.15) is 5.82 Å². The van der Waals surface area contributed by atoms with Gasteiger partial charge in [0.25, 0.3) is 0 Å². The summed E-state index contributed by atoms with van der Waals surface area (Å²) in [5, 5.41) is 9.29. The molecule has 3 N–H and O–H groups in total. The lowest BCUT2D eigenvalue weighted by molar-refractivity contribution is -0.111. The molecule has 7 nitrogen and oxygen atoms in total. The number of carboxylic acids is 1. The molecule has 0 amide bonds. The molecular formula is C30H29FN4O3. The molecule has 0 radical (unpaired) electrons. The Morgan fingerprint density at radius 3 is 2.47 bits per heavy atom. The highest BCUT2D eigenvalue weighted by atomic mass is 19.1. The first-order valence-corrected chi connectivity index (χ1v) is 12.7. The van der Waals surface area contributed by atoms with E-state index >= 15 is 0 Å². The van der Waals surface area contributed by atoms with Crippen molar-refractivity contribution in [3.63, 3.8) is 0 Å². The second kappa shape index (κ2) is 10.2. The van der Waals surface area contributed by atoms with Gasteiger partial charge in [0.15, 0.2) is 5.78 Å². The molecule has 0 bridgehead atoms. The van der Waals surface area contributed by atoms with Crippen molar-refractivity contribution in [2.75, 3.05) is 0 Å². The number of hydrogen-bond donors (Lipinski definition) is 2. The predicted octanol–water partition coefficient (Wildman–Crippen LogP) is 5.99. The number of aromatic nitrogens is 3. The van der Waals surface area contributed by atoms with E-state index in [1.807, 2.05) is 30.5 Å². The van der Waals surface area contributed by atoms with Gasteiger partial charge in [-0.3, -0.25) is 14.8 Å². The molecular weight excluding hydrogens is 483 g/mol. The first-order valence-electron chi connectivity index (χ1n) is 12.7. The Balaban J connectivity index is 1.79. The average Bonchev–Trinajstić information content (AvgIpc) is 3.53. The Morgan fingerprint density at radius 1 is 1.11 bits per heavy atom. The summed E-state index contributed by atoms with van der Waals surface area (Å²) in [7, 11) is 0. The normalized spacial score (nSPS) is 15.4. The number of carboxylic acid groups (broad SMARTS) is 1. The van der Waals surface area contributed by atoms with Crippen LogP contribution in [0.1, 0.15) is 67.2 Å². The van der Waals surface area contributed by atoms with Gasteiger partial charge < -0.3 is 15.4 Å². The molecule has 3 aromatic heterocycles. The summed E-state index contributed by atoms with van der Waals surface area (Å²) in [4.78, 5) is 33.3.